The van der Waals surface area contributed by atoms with Crippen molar-refractivity contribution in [3.8, 4) is 5.75 Å². The number of ether oxygens (including phenoxy) is 1. The van der Waals surface area contributed by atoms with Crippen LogP contribution in [0.5, 0.6) is 5.75 Å². The van der Waals surface area contributed by atoms with Crippen molar-refractivity contribution in [3.63, 3.8) is 0 Å². The lowest BCUT2D eigenvalue weighted by Gasteiger charge is -2.27. The summed E-state index contributed by atoms with van der Waals surface area (Å²) in [4.78, 5) is 26.7. The third kappa shape index (κ3) is 4.85. The lowest BCUT2D eigenvalue weighted by Crippen LogP contribution is -2.42. The fourth-order valence-electron chi connectivity index (χ4n) is 2.92. The number of hydrogen-bond acceptors (Lipinski definition) is 3. The number of carbonyl (C=O) groups is 2. The van der Waals surface area contributed by atoms with Crippen LogP contribution in [0.15, 0.2) is 36.4 Å². The molecule has 1 aliphatic carbocycles. The molecule has 0 saturated heterocycles. The van der Waals surface area contributed by atoms with Crippen molar-refractivity contribution in [1.29, 1.82) is 0 Å². The van der Waals surface area contributed by atoms with E-state index in [2.05, 4.69) is 17.5 Å². The first kappa shape index (κ1) is 18.0. The number of hydrogen-bond donors (Lipinski definition) is 1. The van der Waals surface area contributed by atoms with Gasteiger partial charge in [0.15, 0.2) is 0 Å². The molecular formula is C19H26N2O3. The van der Waals surface area contributed by atoms with Gasteiger partial charge in [-0.25, -0.2) is 0 Å². The van der Waals surface area contributed by atoms with Crippen molar-refractivity contribution in [2.45, 2.75) is 32.6 Å². The predicted octanol–water partition coefficient (Wildman–Crippen LogP) is 3.23. The van der Waals surface area contributed by atoms with E-state index in [0.717, 1.165) is 25.7 Å². The Morgan fingerprint density at radius 1 is 1.29 bits per heavy atom. The van der Waals surface area contributed by atoms with Crippen LogP contribution < -0.4 is 10.1 Å². The second-order valence-corrected chi connectivity index (χ2v) is 5.99. The number of nitrogens with zero attached hydrogens (tertiary/aromatic N) is 1. The second-order valence-electron chi connectivity index (χ2n) is 5.99. The van der Waals surface area contributed by atoms with E-state index in [1.807, 2.05) is 19.1 Å². The van der Waals surface area contributed by atoms with Gasteiger partial charge in [0, 0.05) is 12.5 Å². The number of nitrogens with one attached hydrogen (secondary N) is 1. The van der Waals surface area contributed by atoms with Gasteiger partial charge in [-0.3, -0.25) is 9.59 Å². The first-order valence-electron chi connectivity index (χ1n) is 8.52. The molecule has 0 fully saturated rings. The highest BCUT2D eigenvalue weighted by molar-refractivity contribution is 5.96. The minimum Gasteiger partial charge on any atom is -0.495 e. The molecule has 1 unspecified atom stereocenters. The van der Waals surface area contributed by atoms with Crippen molar-refractivity contribution in [2.75, 3.05) is 25.5 Å². The quantitative estimate of drug-likeness (QED) is 0.781. The second kappa shape index (κ2) is 9.11. The molecule has 0 aromatic heterocycles. The Labute approximate surface area is 143 Å². The Morgan fingerprint density at radius 3 is 2.75 bits per heavy atom. The van der Waals surface area contributed by atoms with E-state index in [1.165, 1.54) is 0 Å². The molecule has 1 atom stereocenters. The normalized spacial score (nSPS) is 16.5. The predicted molar refractivity (Wildman–Crippen MR) is 95.0 cm³/mol. The van der Waals surface area contributed by atoms with Gasteiger partial charge in [0.05, 0.1) is 19.3 Å². The molecular weight excluding hydrogens is 304 g/mol. The smallest absolute Gasteiger partial charge is 0.244 e. The summed E-state index contributed by atoms with van der Waals surface area (Å²) in [6.45, 7) is 2.68. The minimum absolute atomic E-state index is 0.000566. The van der Waals surface area contributed by atoms with Gasteiger partial charge in [-0.15, -0.1) is 0 Å². The third-order valence-corrected chi connectivity index (χ3v) is 4.14. The van der Waals surface area contributed by atoms with Crippen LogP contribution in [0.1, 0.15) is 32.6 Å². The van der Waals surface area contributed by atoms with Gasteiger partial charge in [0.1, 0.15) is 5.75 Å². The molecule has 1 N–H and O–H groups in total. The zero-order valence-electron chi connectivity index (χ0n) is 14.5. The molecule has 0 aliphatic heterocycles. The summed E-state index contributed by atoms with van der Waals surface area (Å²) in [5.74, 6) is 0.487. The highest BCUT2D eigenvalue weighted by Crippen LogP contribution is 2.23. The lowest BCUT2D eigenvalue weighted by molar-refractivity contribution is -0.138. The van der Waals surface area contributed by atoms with Gasteiger partial charge in [0.2, 0.25) is 11.8 Å². The Balaban J connectivity index is 1.99. The van der Waals surface area contributed by atoms with E-state index in [0.29, 0.717) is 18.0 Å². The zero-order chi connectivity index (χ0) is 17.4. The summed E-state index contributed by atoms with van der Waals surface area (Å²) in [7, 11) is 1.56. The van der Waals surface area contributed by atoms with Gasteiger partial charge < -0.3 is 15.0 Å². The van der Waals surface area contributed by atoms with E-state index >= 15 is 0 Å². The van der Waals surface area contributed by atoms with Gasteiger partial charge >= 0.3 is 0 Å². The average Bonchev–Trinajstić information content (AvgIpc) is 2.62. The molecule has 0 radical (unpaired) electrons. The molecule has 2 amide bonds. The maximum absolute atomic E-state index is 12.7. The molecule has 24 heavy (non-hydrogen) atoms. The first-order valence-corrected chi connectivity index (χ1v) is 8.52. The molecule has 0 heterocycles. The van der Waals surface area contributed by atoms with E-state index < -0.39 is 0 Å². The number of rotatable bonds is 7. The van der Waals surface area contributed by atoms with Gasteiger partial charge in [-0.1, -0.05) is 31.2 Å². The van der Waals surface area contributed by atoms with Crippen LogP contribution in [0.4, 0.5) is 5.69 Å². The molecule has 1 aromatic rings. The summed E-state index contributed by atoms with van der Waals surface area (Å²) in [5, 5.41) is 2.84. The van der Waals surface area contributed by atoms with Crippen LogP contribution >= 0.6 is 0 Å². The monoisotopic (exact) mass is 330 g/mol. The highest BCUT2D eigenvalue weighted by atomic mass is 16.5. The number of amides is 2. The van der Waals surface area contributed by atoms with Crippen molar-refractivity contribution < 1.29 is 14.3 Å². The van der Waals surface area contributed by atoms with E-state index in [9.17, 15) is 9.59 Å². The van der Waals surface area contributed by atoms with Crippen molar-refractivity contribution >= 4 is 17.5 Å². The summed E-state index contributed by atoms with van der Waals surface area (Å²) in [6, 6.07) is 7.26. The van der Waals surface area contributed by atoms with E-state index in [4.69, 9.17) is 4.74 Å². The summed E-state index contributed by atoms with van der Waals surface area (Å²) >= 11 is 0. The largest absolute Gasteiger partial charge is 0.495 e. The van der Waals surface area contributed by atoms with E-state index in [1.54, 1.807) is 24.1 Å². The number of allylic oxidation sites excluding steroid dienone is 2. The van der Waals surface area contributed by atoms with Crippen LogP contribution in [-0.4, -0.2) is 36.9 Å². The first-order chi connectivity index (χ1) is 11.7. The average molecular weight is 330 g/mol. The van der Waals surface area contributed by atoms with Crippen LogP contribution in [0.25, 0.3) is 0 Å². The number of anilines is 1. The maximum Gasteiger partial charge on any atom is 0.244 e. The van der Waals surface area contributed by atoms with Crippen molar-refractivity contribution in [1.82, 2.24) is 4.90 Å². The molecule has 1 aliphatic rings. The number of methoxy groups -OCH3 is 1. The molecule has 130 valence electrons. The molecule has 5 nitrogen and oxygen atoms in total. The molecule has 1 aromatic carbocycles. The van der Waals surface area contributed by atoms with Crippen LogP contribution in [0, 0.1) is 5.92 Å². The molecule has 0 bridgehead atoms. The fraction of sp³-hybridized carbons (Fsp3) is 0.474. The summed E-state index contributed by atoms with van der Waals surface area (Å²) < 4.78 is 5.24. The Bertz CT molecular complexity index is 598. The Kier molecular flexibility index (Phi) is 6.85. The number of carbonyl (C=O) groups excluding carboxylic acids is 2. The van der Waals surface area contributed by atoms with Gasteiger partial charge in [0.25, 0.3) is 0 Å². The minimum atomic E-state index is -0.201. The summed E-state index contributed by atoms with van der Waals surface area (Å²) in [6.07, 6.45) is 7.57. The summed E-state index contributed by atoms with van der Waals surface area (Å²) in [5.41, 5.74) is 0.620. The standard InChI is InChI=1S/C19H26N2O3/c1-3-13-21(19(23)15-9-5-4-6-10-15)14-18(22)20-16-11-7-8-12-17(16)24-2/h4-5,7-8,11-12,15H,3,6,9-10,13-14H2,1-2H3,(H,20,22). The third-order valence-electron chi connectivity index (χ3n) is 4.14. The van der Waals surface area contributed by atoms with Crippen LogP contribution in [-0.2, 0) is 9.59 Å². The lowest BCUT2D eigenvalue weighted by atomic mass is 9.93. The topological polar surface area (TPSA) is 58.6 Å². The molecule has 0 saturated carbocycles. The van der Waals surface area contributed by atoms with Crippen LogP contribution in [0.2, 0.25) is 0 Å². The van der Waals surface area contributed by atoms with E-state index in [-0.39, 0.29) is 24.3 Å². The van der Waals surface area contributed by atoms with Crippen LogP contribution in [0.3, 0.4) is 0 Å². The van der Waals surface area contributed by atoms with Crippen molar-refractivity contribution in [3.05, 3.63) is 36.4 Å². The maximum atomic E-state index is 12.7. The zero-order valence-corrected chi connectivity index (χ0v) is 14.5. The fourth-order valence-corrected chi connectivity index (χ4v) is 2.92. The number of benzene rings is 1. The number of para-hydroxylation sites is 2. The van der Waals surface area contributed by atoms with Crippen molar-refractivity contribution in [2.24, 2.45) is 5.92 Å². The van der Waals surface area contributed by atoms with Gasteiger partial charge in [-0.2, -0.15) is 0 Å². The van der Waals surface area contributed by atoms with Gasteiger partial charge in [-0.05, 0) is 37.8 Å². The SMILES string of the molecule is CCCN(CC(=O)Nc1ccccc1OC)C(=O)C1CC=CCC1. The molecule has 5 heteroatoms. The Hall–Kier alpha value is -2.30. The Morgan fingerprint density at radius 2 is 2.08 bits per heavy atom. The molecule has 0 spiro atoms. The highest BCUT2D eigenvalue weighted by Gasteiger charge is 2.25. The molecule has 2 rings (SSSR count).